The first-order valence-corrected chi connectivity index (χ1v) is 14.3. The van der Waals surface area contributed by atoms with E-state index in [2.05, 4.69) is 9.82 Å². The van der Waals surface area contributed by atoms with E-state index < -0.39 is 39.6 Å². The van der Waals surface area contributed by atoms with Gasteiger partial charge >= 0.3 is 0 Å². The van der Waals surface area contributed by atoms with Crippen LogP contribution in [0.25, 0.3) is 11.1 Å². The minimum Gasteiger partial charge on any atom is -0.492 e. The predicted molar refractivity (Wildman–Crippen MR) is 141 cm³/mol. The number of benzene rings is 2. The quantitative estimate of drug-likeness (QED) is 0.376. The summed E-state index contributed by atoms with van der Waals surface area (Å²) in [6.45, 7) is 0.675. The molecule has 1 spiro atoms. The van der Waals surface area contributed by atoms with Crippen LogP contribution < -0.4 is 9.46 Å². The van der Waals surface area contributed by atoms with Crippen molar-refractivity contribution in [2.45, 2.75) is 42.6 Å². The van der Waals surface area contributed by atoms with Gasteiger partial charge in [-0.3, -0.25) is 9.58 Å². The van der Waals surface area contributed by atoms with Gasteiger partial charge in [0.25, 0.3) is 0 Å². The second-order valence-corrected chi connectivity index (χ2v) is 12.4. The Morgan fingerprint density at radius 3 is 2.59 bits per heavy atom. The summed E-state index contributed by atoms with van der Waals surface area (Å²) in [4.78, 5) is 1.82. The molecule has 1 aromatic heterocycles. The molecule has 10 nitrogen and oxygen atoms in total. The van der Waals surface area contributed by atoms with Crippen molar-refractivity contribution in [2.24, 2.45) is 12.5 Å². The van der Waals surface area contributed by atoms with Gasteiger partial charge in [-0.25, -0.2) is 17.5 Å². The van der Waals surface area contributed by atoms with Gasteiger partial charge in [-0.2, -0.15) is 5.10 Å². The first-order chi connectivity index (χ1) is 18.5. The number of aryl methyl sites for hydroxylation is 1. The van der Waals surface area contributed by atoms with Crippen LogP contribution in [0.2, 0.25) is 0 Å². The zero-order valence-electron chi connectivity index (χ0n) is 21.6. The molecule has 1 saturated carbocycles. The van der Waals surface area contributed by atoms with Crippen molar-refractivity contribution in [1.82, 2.24) is 19.4 Å². The molecule has 4 N–H and O–H groups in total. The maximum Gasteiger partial charge on any atom is 0.244 e. The van der Waals surface area contributed by atoms with E-state index in [1.54, 1.807) is 36.1 Å². The molecule has 1 aliphatic heterocycles. The van der Waals surface area contributed by atoms with E-state index >= 15 is 0 Å². The zero-order chi connectivity index (χ0) is 27.8. The molecule has 0 radical (unpaired) electrons. The highest BCUT2D eigenvalue weighted by Gasteiger charge is 2.46. The molecule has 0 amide bonds. The molecule has 2 aliphatic rings. The average Bonchev–Trinajstić information content (AvgIpc) is 3.42. The van der Waals surface area contributed by atoms with Crippen LogP contribution in [0.4, 0.5) is 4.39 Å². The van der Waals surface area contributed by atoms with Crippen LogP contribution in [0.15, 0.2) is 59.8 Å². The number of sulfonamides is 1. The lowest BCUT2D eigenvalue weighted by atomic mass is 9.85. The lowest BCUT2D eigenvalue weighted by molar-refractivity contribution is 0.0427. The van der Waals surface area contributed by atoms with Crippen molar-refractivity contribution in [2.75, 3.05) is 26.2 Å². The topological polar surface area (TPSA) is 137 Å². The first-order valence-electron chi connectivity index (χ1n) is 12.8. The molecule has 0 saturated heterocycles. The van der Waals surface area contributed by atoms with Crippen molar-refractivity contribution < 1.29 is 32.9 Å². The lowest BCUT2D eigenvalue weighted by Gasteiger charge is -2.36. The smallest absolute Gasteiger partial charge is 0.244 e. The summed E-state index contributed by atoms with van der Waals surface area (Å²) in [7, 11) is -2.30. The normalized spacial score (nSPS) is 27.9. The van der Waals surface area contributed by atoms with Gasteiger partial charge in [-0.15, -0.1) is 0 Å². The summed E-state index contributed by atoms with van der Waals surface area (Å²) in [6, 6.07) is 10.5. The van der Waals surface area contributed by atoms with Crippen LogP contribution in [-0.2, 0) is 23.6 Å². The van der Waals surface area contributed by atoms with Crippen molar-refractivity contribution in [3.05, 3.63) is 66.2 Å². The first kappa shape index (κ1) is 27.7. The van der Waals surface area contributed by atoms with E-state index in [4.69, 9.17) is 4.74 Å². The minimum absolute atomic E-state index is 0.00992. The summed E-state index contributed by atoms with van der Waals surface area (Å²) in [6.07, 6.45) is 1.04. The number of hydrogen-bond donors (Lipinski definition) is 4. The highest BCUT2D eigenvalue weighted by atomic mass is 32.2. The van der Waals surface area contributed by atoms with Crippen molar-refractivity contribution in [1.29, 1.82) is 0 Å². The standard InChI is InChI=1S/C27H33FN4O6S/c1-31-13-18(11-29-31)14-32-15-20(33)12-30-39(36,37)26-7-6-19(21-4-2-3-5-22(21)28)8-25(26)38-17-27(16-32)9-23(34)24(35)10-27/h2-8,11,13,20,23-24,30,33-35H,9-10,12,14-17H2,1H3/t20-,23-,24+,27?/m0/s1. The lowest BCUT2D eigenvalue weighted by Crippen LogP contribution is -2.46. The zero-order valence-corrected chi connectivity index (χ0v) is 22.4. The van der Waals surface area contributed by atoms with E-state index in [-0.39, 0.29) is 43.2 Å². The molecule has 4 atom stereocenters. The van der Waals surface area contributed by atoms with E-state index in [9.17, 15) is 28.1 Å². The Bertz CT molecular complexity index is 1420. The number of nitrogens with one attached hydrogen (secondary N) is 1. The highest BCUT2D eigenvalue weighted by Crippen LogP contribution is 2.41. The molecule has 210 valence electrons. The van der Waals surface area contributed by atoms with Gasteiger partial charge in [-0.1, -0.05) is 24.3 Å². The molecule has 1 unspecified atom stereocenters. The summed E-state index contributed by atoms with van der Waals surface area (Å²) >= 11 is 0. The fourth-order valence-corrected chi connectivity index (χ4v) is 6.79. The largest absolute Gasteiger partial charge is 0.492 e. The van der Waals surface area contributed by atoms with Gasteiger partial charge in [0.15, 0.2) is 0 Å². The predicted octanol–water partition coefficient (Wildman–Crippen LogP) is 1.26. The number of aliphatic hydroxyl groups excluding tert-OH is 3. The Hall–Kier alpha value is -2.87. The van der Waals surface area contributed by atoms with Gasteiger partial charge < -0.3 is 20.1 Å². The second kappa shape index (κ2) is 11.0. The number of hydrogen-bond acceptors (Lipinski definition) is 8. The van der Waals surface area contributed by atoms with Crippen LogP contribution in [-0.4, -0.2) is 83.0 Å². The van der Waals surface area contributed by atoms with Crippen LogP contribution in [0.1, 0.15) is 18.4 Å². The number of aliphatic hydroxyl groups is 3. The van der Waals surface area contributed by atoms with Crippen molar-refractivity contribution in [3.63, 3.8) is 0 Å². The van der Waals surface area contributed by atoms with Gasteiger partial charge in [0, 0.05) is 56.0 Å². The molecule has 5 rings (SSSR count). The molecule has 2 aromatic carbocycles. The van der Waals surface area contributed by atoms with Gasteiger partial charge in [-0.05, 0) is 36.6 Å². The fraction of sp³-hybridized carbons (Fsp3) is 0.444. The van der Waals surface area contributed by atoms with Gasteiger partial charge in [0.1, 0.15) is 16.5 Å². The summed E-state index contributed by atoms with van der Waals surface area (Å²) in [5, 5.41) is 36.0. The summed E-state index contributed by atoms with van der Waals surface area (Å²) in [5.74, 6) is -0.438. The third-order valence-electron chi connectivity index (χ3n) is 7.38. The molecule has 2 heterocycles. The second-order valence-electron chi connectivity index (χ2n) is 10.7. The molecular weight excluding hydrogens is 527 g/mol. The highest BCUT2D eigenvalue weighted by molar-refractivity contribution is 7.89. The Morgan fingerprint density at radius 2 is 1.90 bits per heavy atom. The number of ether oxygens (including phenoxy) is 1. The summed E-state index contributed by atoms with van der Waals surface area (Å²) < 4.78 is 51.4. The van der Waals surface area contributed by atoms with Crippen molar-refractivity contribution >= 4 is 10.0 Å². The van der Waals surface area contributed by atoms with Crippen LogP contribution >= 0.6 is 0 Å². The number of halogens is 1. The van der Waals surface area contributed by atoms with E-state index in [1.807, 2.05) is 11.1 Å². The SMILES string of the molecule is Cn1cc(CN2C[C@@H](O)CNS(=O)(=O)c3ccc(-c4ccccc4F)cc3OCC3(C[C@@H](O)[C@@H](O)C3)C2)cn1. The molecular formula is C27H33FN4O6S. The van der Waals surface area contributed by atoms with Crippen LogP contribution in [0.3, 0.4) is 0 Å². The number of nitrogens with zero attached hydrogens (tertiary/aromatic N) is 3. The Balaban J connectivity index is 1.54. The van der Waals surface area contributed by atoms with Crippen LogP contribution in [0, 0.1) is 11.2 Å². The monoisotopic (exact) mass is 560 g/mol. The van der Waals surface area contributed by atoms with E-state index in [0.717, 1.165) is 5.56 Å². The van der Waals surface area contributed by atoms with E-state index in [1.165, 1.54) is 24.3 Å². The maximum atomic E-state index is 14.5. The third kappa shape index (κ3) is 6.16. The van der Waals surface area contributed by atoms with E-state index in [0.29, 0.717) is 24.2 Å². The number of aromatic nitrogens is 2. The fourth-order valence-electron chi connectivity index (χ4n) is 5.59. The van der Waals surface area contributed by atoms with Gasteiger partial charge in [0.05, 0.1) is 31.1 Å². The molecule has 0 bridgehead atoms. The molecule has 1 aliphatic carbocycles. The molecule has 12 heteroatoms. The minimum atomic E-state index is -4.10. The number of β-amino-alcohol motifs (C(OH)–C–C–N with tert-alkyl or cyclic N) is 1. The van der Waals surface area contributed by atoms with Crippen molar-refractivity contribution in [3.8, 4) is 16.9 Å². The Labute approximate surface area is 226 Å². The van der Waals surface area contributed by atoms with Crippen LogP contribution in [0.5, 0.6) is 5.75 Å². The Kier molecular flexibility index (Phi) is 7.77. The van der Waals surface area contributed by atoms with Gasteiger partial charge in [0.2, 0.25) is 10.0 Å². The third-order valence-corrected chi connectivity index (χ3v) is 8.84. The molecule has 1 fully saturated rings. The average molecular weight is 561 g/mol. The maximum absolute atomic E-state index is 14.5. The molecule has 3 aromatic rings. The molecule has 39 heavy (non-hydrogen) atoms. The number of fused-ring (bicyclic) bond motifs is 1. The Morgan fingerprint density at radius 1 is 1.15 bits per heavy atom. The summed E-state index contributed by atoms with van der Waals surface area (Å²) in [5.41, 5.74) is 0.878. The number of rotatable bonds is 3.